The van der Waals surface area contributed by atoms with E-state index in [-0.39, 0.29) is 24.0 Å². The van der Waals surface area contributed by atoms with Crippen LogP contribution in [0.3, 0.4) is 0 Å². The molecule has 0 aliphatic carbocycles. The first-order valence-corrected chi connectivity index (χ1v) is 9.25. The van der Waals surface area contributed by atoms with Crippen LogP contribution in [0.1, 0.15) is 58.8 Å². The molecule has 2 N–H and O–H groups in total. The summed E-state index contributed by atoms with van der Waals surface area (Å²) in [6, 6.07) is 0. The van der Waals surface area contributed by atoms with Gasteiger partial charge in [-0.15, -0.1) is 24.0 Å². The minimum atomic E-state index is 0. The topological polar surface area (TPSA) is 39.7 Å². The van der Waals surface area contributed by atoms with E-state index in [0.717, 1.165) is 30.9 Å². The standard InChI is InChI=1S/C18H38N4.HI/c1-16(2)10-7-5-6-8-12-20-18(19-3)21-14-17-11-9-13-22(4)15-17;/h16-17H,5-15H2,1-4H3,(H2,19,20,21);1H. The van der Waals surface area contributed by atoms with Gasteiger partial charge in [0.1, 0.15) is 0 Å². The molecule has 0 aromatic rings. The Bertz CT molecular complexity index is 307. The fourth-order valence-electron chi connectivity index (χ4n) is 3.14. The second kappa shape index (κ2) is 14.3. The van der Waals surface area contributed by atoms with Crippen LogP contribution in [0, 0.1) is 11.8 Å². The van der Waals surface area contributed by atoms with Crippen molar-refractivity contribution in [3.05, 3.63) is 0 Å². The average molecular weight is 438 g/mol. The fraction of sp³-hybridized carbons (Fsp3) is 0.944. The van der Waals surface area contributed by atoms with Gasteiger partial charge in [-0.3, -0.25) is 4.99 Å². The highest BCUT2D eigenvalue weighted by Gasteiger charge is 2.16. The highest BCUT2D eigenvalue weighted by molar-refractivity contribution is 14.0. The van der Waals surface area contributed by atoms with Crippen molar-refractivity contribution in [2.45, 2.75) is 58.8 Å². The lowest BCUT2D eigenvalue weighted by molar-refractivity contribution is 0.210. The predicted octanol–water partition coefficient (Wildman–Crippen LogP) is 3.72. The van der Waals surface area contributed by atoms with Crippen molar-refractivity contribution in [3.8, 4) is 0 Å². The molecule has 0 bridgehead atoms. The minimum absolute atomic E-state index is 0. The quantitative estimate of drug-likeness (QED) is 0.250. The average Bonchev–Trinajstić information content (AvgIpc) is 2.49. The molecule has 0 radical (unpaired) electrons. The molecule has 1 heterocycles. The minimum Gasteiger partial charge on any atom is -0.356 e. The van der Waals surface area contributed by atoms with Crippen molar-refractivity contribution in [3.63, 3.8) is 0 Å². The van der Waals surface area contributed by atoms with Crippen molar-refractivity contribution < 1.29 is 0 Å². The summed E-state index contributed by atoms with van der Waals surface area (Å²) in [4.78, 5) is 6.76. The van der Waals surface area contributed by atoms with Crippen LogP contribution in [0.2, 0.25) is 0 Å². The van der Waals surface area contributed by atoms with E-state index in [1.807, 2.05) is 7.05 Å². The van der Waals surface area contributed by atoms with Crippen molar-refractivity contribution in [1.29, 1.82) is 0 Å². The maximum absolute atomic E-state index is 4.33. The van der Waals surface area contributed by atoms with E-state index < -0.39 is 0 Å². The van der Waals surface area contributed by atoms with Crippen LogP contribution < -0.4 is 10.6 Å². The fourth-order valence-corrected chi connectivity index (χ4v) is 3.14. The smallest absolute Gasteiger partial charge is 0.190 e. The number of hydrogen-bond donors (Lipinski definition) is 2. The van der Waals surface area contributed by atoms with Crippen molar-refractivity contribution in [2.75, 3.05) is 40.3 Å². The Balaban J connectivity index is 0.00000484. The number of guanidine groups is 1. The van der Waals surface area contributed by atoms with E-state index in [1.54, 1.807) is 0 Å². The summed E-state index contributed by atoms with van der Waals surface area (Å²) in [5.74, 6) is 2.57. The molecule has 1 rings (SSSR count). The summed E-state index contributed by atoms with van der Waals surface area (Å²) in [5.41, 5.74) is 0. The number of nitrogens with one attached hydrogen (secondary N) is 2. The van der Waals surface area contributed by atoms with Crippen molar-refractivity contribution in [2.24, 2.45) is 16.8 Å². The Kier molecular flexibility index (Phi) is 14.3. The molecule has 1 atom stereocenters. The highest BCUT2D eigenvalue weighted by Crippen LogP contribution is 2.13. The molecular weight excluding hydrogens is 399 g/mol. The Morgan fingerprint density at radius 3 is 2.57 bits per heavy atom. The molecule has 23 heavy (non-hydrogen) atoms. The second-order valence-electron chi connectivity index (χ2n) is 7.25. The third kappa shape index (κ3) is 12.0. The number of rotatable bonds is 9. The predicted molar refractivity (Wildman–Crippen MR) is 113 cm³/mol. The van der Waals surface area contributed by atoms with Gasteiger partial charge in [-0.05, 0) is 44.7 Å². The van der Waals surface area contributed by atoms with Crippen LogP contribution in [-0.2, 0) is 0 Å². The maximum atomic E-state index is 4.33. The molecule has 138 valence electrons. The van der Waals surface area contributed by atoms with E-state index in [2.05, 4.69) is 41.4 Å². The number of piperidine rings is 1. The highest BCUT2D eigenvalue weighted by atomic mass is 127. The molecule has 0 spiro atoms. The molecule has 0 saturated carbocycles. The van der Waals surface area contributed by atoms with Crippen LogP contribution in [0.4, 0.5) is 0 Å². The first-order valence-electron chi connectivity index (χ1n) is 9.25. The SMILES string of the molecule is CN=C(NCCCCCCC(C)C)NCC1CCCN(C)C1.I. The molecular formula is C18H39IN4. The largest absolute Gasteiger partial charge is 0.356 e. The molecule has 0 aromatic carbocycles. The first-order chi connectivity index (χ1) is 10.6. The molecule has 1 aliphatic heterocycles. The lowest BCUT2D eigenvalue weighted by atomic mass is 9.99. The van der Waals surface area contributed by atoms with E-state index in [9.17, 15) is 0 Å². The molecule has 1 saturated heterocycles. The van der Waals surface area contributed by atoms with Gasteiger partial charge in [0.2, 0.25) is 0 Å². The summed E-state index contributed by atoms with van der Waals surface area (Å²) in [7, 11) is 4.09. The van der Waals surface area contributed by atoms with Crippen LogP contribution in [0.5, 0.6) is 0 Å². The molecule has 4 nitrogen and oxygen atoms in total. The first kappa shape index (κ1) is 23.0. The molecule has 0 aromatic heterocycles. The van der Waals surface area contributed by atoms with E-state index in [4.69, 9.17) is 0 Å². The van der Waals surface area contributed by atoms with Gasteiger partial charge in [-0.1, -0.05) is 39.5 Å². The third-order valence-electron chi connectivity index (χ3n) is 4.50. The summed E-state index contributed by atoms with van der Waals surface area (Å²) in [5, 5.41) is 6.93. The Morgan fingerprint density at radius 2 is 1.91 bits per heavy atom. The molecule has 0 amide bonds. The third-order valence-corrected chi connectivity index (χ3v) is 4.50. The lowest BCUT2D eigenvalue weighted by Gasteiger charge is -2.30. The summed E-state index contributed by atoms with van der Waals surface area (Å²) < 4.78 is 0. The monoisotopic (exact) mass is 438 g/mol. The molecule has 5 heteroatoms. The van der Waals surface area contributed by atoms with Crippen LogP contribution in [0.15, 0.2) is 4.99 Å². The lowest BCUT2D eigenvalue weighted by Crippen LogP contribution is -2.43. The van der Waals surface area contributed by atoms with Crippen molar-refractivity contribution >= 4 is 29.9 Å². The number of hydrogen-bond acceptors (Lipinski definition) is 2. The van der Waals surface area contributed by atoms with E-state index in [0.29, 0.717) is 0 Å². The zero-order valence-electron chi connectivity index (χ0n) is 15.7. The number of halogens is 1. The van der Waals surface area contributed by atoms with Crippen molar-refractivity contribution in [1.82, 2.24) is 15.5 Å². The Morgan fingerprint density at radius 1 is 1.17 bits per heavy atom. The number of aliphatic imine (C=N–C) groups is 1. The van der Waals surface area contributed by atoms with Crippen LogP contribution in [0.25, 0.3) is 0 Å². The number of nitrogens with zero attached hydrogens (tertiary/aromatic N) is 2. The van der Waals surface area contributed by atoms with E-state index >= 15 is 0 Å². The summed E-state index contributed by atoms with van der Waals surface area (Å²) in [6.45, 7) is 9.15. The van der Waals surface area contributed by atoms with Gasteiger partial charge >= 0.3 is 0 Å². The van der Waals surface area contributed by atoms with Gasteiger partial charge in [-0.25, -0.2) is 0 Å². The second-order valence-corrected chi connectivity index (χ2v) is 7.25. The van der Waals surface area contributed by atoms with Gasteiger partial charge < -0.3 is 15.5 Å². The van der Waals surface area contributed by atoms with Crippen LogP contribution in [-0.4, -0.2) is 51.1 Å². The number of unbranched alkanes of at least 4 members (excludes halogenated alkanes) is 3. The molecule has 1 fully saturated rings. The van der Waals surface area contributed by atoms with E-state index in [1.165, 1.54) is 58.0 Å². The maximum Gasteiger partial charge on any atom is 0.190 e. The van der Waals surface area contributed by atoms with Crippen LogP contribution >= 0.6 is 24.0 Å². The summed E-state index contributed by atoms with van der Waals surface area (Å²) in [6.07, 6.45) is 9.33. The van der Waals surface area contributed by atoms with Gasteiger partial charge in [0.05, 0.1) is 0 Å². The zero-order valence-corrected chi connectivity index (χ0v) is 18.1. The van der Waals surface area contributed by atoms with Gasteiger partial charge in [0.15, 0.2) is 5.96 Å². The van der Waals surface area contributed by atoms with Gasteiger partial charge in [0, 0.05) is 26.7 Å². The Labute approximate surface area is 161 Å². The summed E-state index contributed by atoms with van der Waals surface area (Å²) >= 11 is 0. The molecule has 1 unspecified atom stereocenters. The zero-order chi connectivity index (χ0) is 16.2. The normalized spacial score (nSPS) is 19.5. The Hall–Kier alpha value is -0.0400. The number of likely N-dealkylation sites (tertiary alicyclic amines) is 1. The van der Waals surface area contributed by atoms with Gasteiger partial charge in [0.25, 0.3) is 0 Å². The molecule has 1 aliphatic rings. The van der Waals surface area contributed by atoms with Gasteiger partial charge in [-0.2, -0.15) is 0 Å².